The molecule has 4 nitrogen and oxygen atoms in total. The van der Waals surface area contributed by atoms with Crippen LogP contribution in [-0.2, 0) is 4.43 Å². The van der Waals surface area contributed by atoms with Crippen LogP contribution >= 0.6 is 0 Å². The molecule has 0 rings (SSSR count). The Kier molecular flexibility index (Phi) is 10.8. The molecule has 0 heterocycles. The summed E-state index contributed by atoms with van der Waals surface area (Å²) in [5.74, 6) is 0. The number of hydrogen-bond donors (Lipinski definition) is 0. The second kappa shape index (κ2) is 10.7. The Labute approximate surface area is 128 Å². The van der Waals surface area contributed by atoms with Crippen LogP contribution in [0.3, 0.4) is 0 Å². The molecule has 0 radical (unpaired) electrons. The average Bonchev–Trinajstić information content (AvgIpc) is 2.37. The highest BCUT2D eigenvalue weighted by atomic mass is 28.4. The van der Waals surface area contributed by atoms with E-state index in [9.17, 15) is 0 Å². The maximum absolute atomic E-state index is 5.85. The zero-order valence-corrected chi connectivity index (χ0v) is 15.9. The first kappa shape index (κ1) is 20.1. The fourth-order valence-electron chi connectivity index (χ4n) is 2.28. The van der Waals surface area contributed by atoms with Crippen LogP contribution in [0.5, 0.6) is 0 Å². The Hall–Kier alpha value is 0.0569. The summed E-state index contributed by atoms with van der Waals surface area (Å²) in [6.45, 7) is 9.35. The van der Waals surface area contributed by atoms with E-state index < -0.39 is 8.32 Å². The summed E-state index contributed by atoms with van der Waals surface area (Å²) in [6, 6.07) is 1.20. The fourth-order valence-corrected chi connectivity index (χ4v) is 4.19. The standard InChI is InChI=1S/C15H37N3OSi/c1-8-20(7,19-6)15-18(13-9-11-16(2)3)14-10-12-17(4)5/h8-15H2,1-7H3. The summed E-state index contributed by atoms with van der Waals surface area (Å²) in [6.07, 6.45) is 3.65. The minimum atomic E-state index is -1.52. The lowest BCUT2D eigenvalue weighted by atomic mass is 10.3. The van der Waals surface area contributed by atoms with Gasteiger partial charge in [0, 0.05) is 13.3 Å². The van der Waals surface area contributed by atoms with Gasteiger partial charge in [-0.25, -0.2) is 0 Å². The van der Waals surface area contributed by atoms with Crippen molar-refractivity contribution in [2.75, 3.05) is 67.6 Å². The first-order valence-corrected chi connectivity index (χ1v) is 10.7. The lowest BCUT2D eigenvalue weighted by Gasteiger charge is -2.32. The zero-order valence-electron chi connectivity index (χ0n) is 14.9. The van der Waals surface area contributed by atoms with Gasteiger partial charge >= 0.3 is 0 Å². The fraction of sp³-hybridized carbons (Fsp3) is 1.00. The van der Waals surface area contributed by atoms with Gasteiger partial charge in [0.05, 0.1) is 0 Å². The lowest BCUT2D eigenvalue weighted by Crippen LogP contribution is -2.47. The molecule has 5 heteroatoms. The van der Waals surface area contributed by atoms with Crippen molar-refractivity contribution in [2.45, 2.75) is 32.4 Å². The molecule has 1 unspecified atom stereocenters. The van der Waals surface area contributed by atoms with Gasteiger partial charge in [-0.05, 0) is 79.8 Å². The van der Waals surface area contributed by atoms with Crippen LogP contribution in [0.25, 0.3) is 0 Å². The third kappa shape index (κ3) is 9.88. The minimum absolute atomic E-state index is 1.17. The van der Waals surface area contributed by atoms with Gasteiger partial charge in [0.1, 0.15) is 0 Å². The van der Waals surface area contributed by atoms with Gasteiger partial charge in [0.15, 0.2) is 0 Å². The molecule has 122 valence electrons. The Bertz CT molecular complexity index is 219. The molecule has 0 saturated heterocycles. The number of hydrogen-bond acceptors (Lipinski definition) is 4. The topological polar surface area (TPSA) is 19.0 Å². The highest BCUT2D eigenvalue weighted by molar-refractivity contribution is 6.72. The molecule has 0 fully saturated rings. The molecule has 0 aliphatic rings. The van der Waals surface area contributed by atoms with Crippen LogP contribution in [0.4, 0.5) is 0 Å². The highest BCUT2D eigenvalue weighted by Gasteiger charge is 2.28. The Balaban J connectivity index is 4.29. The summed E-state index contributed by atoms with van der Waals surface area (Å²) in [5, 5.41) is 0. The summed E-state index contributed by atoms with van der Waals surface area (Å²) in [5.41, 5.74) is 0. The van der Waals surface area contributed by atoms with Crippen molar-refractivity contribution >= 4 is 8.32 Å². The molecule has 0 bridgehead atoms. The van der Waals surface area contributed by atoms with E-state index >= 15 is 0 Å². The van der Waals surface area contributed by atoms with E-state index in [0.29, 0.717) is 0 Å². The van der Waals surface area contributed by atoms with Crippen LogP contribution in [0.1, 0.15) is 19.8 Å². The van der Waals surface area contributed by atoms with Crippen molar-refractivity contribution in [2.24, 2.45) is 0 Å². The smallest absolute Gasteiger partial charge is 0.202 e. The van der Waals surface area contributed by atoms with E-state index in [1.54, 1.807) is 0 Å². The first-order chi connectivity index (χ1) is 9.33. The average molecular weight is 304 g/mol. The van der Waals surface area contributed by atoms with Crippen LogP contribution < -0.4 is 0 Å². The quantitative estimate of drug-likeness (QED) is 0.513. The molecule has 0 aliphatic carbocycles. The Morgan fingerprint density at radius 3 is 1.60 bits per heavy atom. The predicted molar refractivity (Wildman–Crippen MR) is 91.9 cm³/mol. The predicted octanol–water partition coefficient (Wildman–Crippen LogP) is 1.97. The van der Waals surface area contributed by atoms with Crippen molar-refractivity contribution in [3.8, 4) is 0 Å². The van der Waals surface area contributed by atoms with Crippen LogP contribution in [0.15, 0.2) is 0 Å². The second-order valence-electron chi connectivity index (χ2n) is 6.60. The Morgan fingerprint density at radius 2 is 1.30 bits per heavy atom. The van der Waals surface area contributed by atoms with Crippen molar-refractivity contribution < 1.29 is 4.43 Å². The van der Waals surface area contributed by atoms with E-state index in [0.717, 1.165) is 0 Å². The molecule has 0 aliphatic heterocycles. The van der Waals surface area contributed by atoms with Gasteiger partial charge in [-0.1, -0.05) is 6.92 Å². The molecule has 0 spiro atoms. The maximum Gasteiger partial charge on any atom is 0.202 e. The van der Waals surface area contributed by atoms with Gasteiger partial charge in [0.25, 0.3) is 0 Å². The van der Waals surface area contributed by atoms with Gasteiger partial charge in [-0.15, -0.1) is 0 Å². The molecule has 0 saturated carbocycles. The van der Waals surface area contributed by atoms with Crippen LogP contribution in [-0.4, -0.2) is 90.7 Å². The van der Waals surface area contributed by atoms with E-state index in [1.165, 1.54) is 51.2 Å². The summed E-state index contributed by atoms with van der Waals surface area (Å²) >= 11 is 0. The van der Waals surface area contributed by atoms with E-state index in [-0.39, 0.29) is 0 Å². The van der Waals surface area contributed by atoms with Gasteiger partial charge in [-0.2, -0.15) is 0 Å². The highest BCUT2D eigenvalue weighted by Crippen LogP contribution is 2.12. The van der Waals surface area contributed by atoms with Crippen LogP contribution in [0.2, 0.25) is 12.6 Å². The number of nitrogens with zero attached hydrogens (tertiary/aromatic N) is 3. The summed E-state index contributed by atoms with van der Waals surface area (Å²) in [4.78, 5) is 7.17. The molecule has 0 aromatic heterocycles. The molecular weight excluding hydrogens is 266 g/mol. The van der Waals surface area contributed by atoms with Crippen molar-refractivity contribution in [1.29, 1.82) is 0 Å². The van der Waals surface area contributed by atoms with E-state index in [4.69, 9.17) is 4.43 Å². The molecular formula is C15H37N3OSi. The molecule has 0 N–H and O–H groups in total. The van der Waals surface area contributed by atoms with Gasteiger partial charge in [-0.3, -0.25) is 0 Å². The van der Waals surface area contributed by atoms with Crippen molar-refractivity contribution in [1.82, 2.24) is 14.7 Å². The second-order valence-corrected chi connectivity index (χ2v) is 10.9. The van der Waals surface area contributed by atoms with E-state index in [1.807, 2.05) is 7.11 Å². The monoisotopic (exact) mass is 303 g/mol. The van der Waals surface area contributed by atoms with Gasteiger partial charge < -0.3 is 19.1 Å². The Morgan fingerprint density at radius 1 is 0.850 bits per heavy atom. The normalized spacial score (nSPS) is 15.3. The first-order valence-electron chi connectivity index (χ1n) is 7.90. The summed E-state index contributed by atoms with van der Waals surface area (Å²) in [7, 11) is 8.98. The SMILES string of the molecule is CC[Si](C)(CN(CCCN(C)C)CCCN(C)C)OC. The maximum atomic E-state index is 5.85. The molecule has 1 atom stereocenters. The molecule has 20 heavy (non-hydrogen) atoms. The third-order valence-corrected chi connectivity index (χ3v) is 7.56. The van der Waals surface area contributed by atoms with Crippen molar-refractivity contribution in [3.63, 3.8) is 0 Å². The van der Waals surface area contributed by atoms with Gasteiger partial charge in [0.2, 0.25) is 8.32 Å². The molecule has 0 aromatic carbocycles. The minimum Gasteiger partial charge on any atom is -0.419 e. The third-order valence-electron chi connectivity index (χ3n) is 3.96. The number of rotatable bonds is 12. The lowest BCUT2D eigenvalue weighted by molar-refractivity contribution is 0.251. The van der Waals surface area contributed by atoms with Crippen molar-refractivity contribution in [3.05, 3.63) is 0 Å². The summed E-state index contributed by atoms with van der Waals surface area (Å²) < 4.78 is 5.85. The van der Waals surface area contributed by atoms with E-state index in [2.05, 4.69) is 56.4 Å². The molecule has 0 amide bonds. The largest absolute Gasteiger partial charge is 0.419 e. The zero-order chi connectivity index (χ0) is 15.6. The molecule has 0 aromatic rings. The van der Waals surface area contributed by atoms with Crippen LogP contribution in [0, 0.1) is 0 Å².